The number of ether oxygens (including phenoxy) is 2. The van der Waals surface area contributed by atoms with Gasteiger partial charge in [0.25, 0.3) is 0 Å². The Hall–Kier alpha value is -0.490. The molecule has 17 nitrogen and oxygen atoms in total. The molecule has 2 heterocycles. The van der Waals surface area contributed by atoms with Gasteiger partial charge < -0.3 is 40.5 Å². The lowest BCUT2D eigenvalue weighted by atomic mass is 10.2. The zero-order valence-electron chi connectivity index (χ0n) is 16.7. The van der Waals surface area contributed by atoms with Crippen LogP contribution in [-0.4, -0.2) is 66.0 Å². The molecule has 1 aromatic heterocycles. The Labute approximate surface area is 194 Å². The summed E-state index contributed by atoms with van der Waals surface area (Å²) in [6.07, 6.45) is 0.787. The zero-order chi connectivity index (χ0) is 25.0. The van der Waals surface area contributed by atoms with E-state index in [1.807, 2.05) is 6.26 Å². The standard InChI is InChI=1S/C11H22N5O12P3S2/c1-32-33-5-24-6-2-8(16-4-15-9(10(12)13)11(16)14)26-7(6)3-25-30(20,21)28-31(22,23)27-29(17,18)19/h4,6-8H,2-3,5,14H2,1H3,(H3,12,13)(H,20,21)(H,22,23)(H2,17,18,19)/t6?,7?,8-/m1/s1. The van der Waals surface area contributed by atoms with E-state index >= 15 is 0 Å². The molecule has 1 aliphatic rings. The molecule has 2 rings (SSSR count). The average molecular weight is 573 g/mol. The molecule has 0 spiro atoms. The largest absolute Gasteiger partial charge is 0.490 e. The van der Waals surface area contributed by atoms with Gasteiger partial charge >= 0.3 is 23.5 Å². The molecule has 4 unspecified atom stereocenters. The number of nitrogens with one attached hydrogen (secondary N) is 1. The molecule has 1 aliphatic heterocycles. The number of hydrogen-bond donors (Lipinski definition) is 7. The molecule has 9 N–H and O–H groups in total. The minimum absolute atomic E-state index is 0.0331. The molecule has 1 fully saturated rings. The van der Waals surface area contributed by atoms with Gasteiger partial charge in [0, 0.05) is 6.42 Å². The summed E-state index contributed by atoms with van der Waals surface area (Å²) in [7, 11) is -13.7. The average Bonchev–Trinajstić information content (AvgIpc) is 3.20. The van der Waals surface area contributed by atoms with Crippen LogP contribution in [-0.2, 0) is 36.3 Å². The van der Waals surface area contributed by atoms with E-state index in [-0.39, 0.29) is 29.7 Å². The topological polar surface area (TPSA) is 272 Å². The summed E-state index contributed by atoms with van der Waals surface area (Å²) in [5, 5.41) is 7.47. The van der Waals surface area contributed by atoms with Gasteiger partial charge in [-0.25, -0.2) is 18.7 Å². The number of phosphoric ester groups is 1. The number of nitrogen functional groups attached to an aromatic ring is 2. The molecule has 1 saturated heterocycles. The molecule has 22 heteroatoms. The molecule has 0 aromatic carbocycles. The second-order valence-corrected chi connectivity index (χ2v) is 13.1. The fraction of sp³-hybridized carbons (Fsp3) is 0.636. The van der Waals surface area contributed by atoms with Crippen molar-refractivity contribution in [1.82, 2.24) is 9.55 Å². The third kappa shape index (κ3) is 8.91. The number of aromatic nitrogens is 2. The van der Waals surface area contributed by atoms with Crippen molar-refractivity contribution in [2.45, 2.75) is 24.9 Å². The monoisotopic (exact) mass is 573 g/mol. The van der Waals surface area contributed by atoms with Gasteiger partial charge in [0.1, 0.15) is 35.6 Å². The maximum atomic E-state index is 12.0. The highest BCUT2D eigenvalue weighted by molar-refractivity contribution is 8.76. The quantitative estimate of drug-likeness (QED) is 0.0428. The highest BCUT2D eigenvalue weighted by atomic mass is 33.1. The number of nitrogens with two attached hydrogens (primary N) is 2. The summed E-state index contributed by atoms with van der Waals surface area (Å²) in [6.45, 7) is -0.692. The van der Waals surface area contributed by atoms with Crippen molar-refractivity contribution in [2.75, 3.05) is 24.5 Å². The zero-order valence-corrected chi connectivity index (χ0v) is 21.0. The van der Waals surface area contributed by atoms with Gasteiger partial charge in [0.05, 0.1) is 19.0 Å². The number of amidine groups is 1. The lowest BCUT2D eigenvalue weighted by Crippen LogP contribution is -2.28. The van der Waals surface area contributed by atoms with Gasteiger partial charge in [-0.1, -0.05) is 21.6 Å². The van der Waals surface area contributed by atoms with Crippen molar-refractivity contribution in [3.8, 4) is 0 Å². The van der Waals surface area contributed by atoms with Crippen molar-refractivity contribution in [2.24, 2.45) is 5.73 Å². The Morgan fingerprint density at radius 3 is 2.52 bits per heavy atom. The number of phosphoric acid groups is 3. The van der Waals surface area contributed by atoms with Crippen molar-refractivity contribution < 1.29 is 55.9 Å². The van der Waals surface area contributed by atoms with Crippen LogP contribution in [0.5, 0.6) is 0 Å². The van der Waals surface area contributed by atoms with Gasteiger partial charge in [-0.2, -0.15) is 8.62 Å². The van der Waals surface area contributed by atoms with Crippen LogP contribution in [0.15, 0.2) is 6.33 Å². The number of hydrogen-bond acceptors (Lipinski definition) is 13. The van der Waals surface area contributed by atoms with E-state index in [0.29, 0.717) is 0 Å². The number of anilines is 1. The summed E-state index contributed by atoms with van der Waals surface area (Å²) in [6, 6.07) is 0. The Morgan fingerprint density at radius 2 is 1.97 bits per heavy atom. The molecule has 0 radical (unpaired) electrons. The molecule has 0 amide bonds. The summed E-state index contributed by atoms with van der Waals surface area (Å²) in [4.78, 5) is 40.0. The van der Waals surface area contributed by atoms with E-state index in [2.05, 4.69) is 18.1 Å². The smallest absolute Gasteiger partial charge is 0.383 e. The SMILES string of the molecule is CSSCOC1C[C@H](n2cnc(C(=N)N)c2N)OC1COP(=O)(O)OP(=O)(O)OP(=O)(O)O. The van der Waals surface area contributed by atoms with Crippen LogP contribution in [0.25, 0.3) is 0 Å². The fourth-order valence-corrected chi connectivity index (χ4v) is 6.45. The second-order valence-electron chi connectivity index (χ2n) is 6.16. The summed E-state index contributed by atoms with van der Waals surface area (Å²) < 4.78 is 59.0. The second kappa shape index (κ2) is 11.5. The third-order valence-electron chi connectivity index (χ3n) is 3.84. The van der Waals surface area contributed by atoms with Crippen LogP contribution in [0.3, 0.4) is 0 Å². The normalized spacial score (nSPS) is 24.9. The number of nitrogens with zero attached hydrogens (tertiary/aromatic N) is 2. The molecule has 0 saturated carbocycles. The van der Waals surface area contributed by atoms with Gasteiger partial charge in [-0.05, 0) is 6.26 Å². The van der Waals surface area contributed by atoms with Crippen LogP contribution in [0.1, 0.15) is 18.3 Å². The Bertz CT molecular complexity index is 990. The van der Waals surface area contributed by atoms with Crippen molar-refractivity contribution in [3.63, 3.8) is 0 Å². The fourth-order valence-electron chi connectivity index (χ4n) is 2.64. The van der Waals surface area contributed by atoms with Crippen LogP contribution in [0.4, 0.5) is 5.82 Å². The maximum Gasteiger partial charge on any atom is 0.490 e. The first-order valence-corrected chi connectivity index (χ1v) is 15.8. The van der Waals surface area contributed by atoms with Crippen molar-refractivity contribution in [3.05, 3.63) is 12.0 Å². The molecular weight excluding hydrogens is 551 g/mol. The first kappa shape index (κ1) is 28.7. The summed E-state index contributed by atoms with van der Waals surface area (Å²) in [5.41, 5.74) is 11.4. The predicted molar refractivity (Wildman–Crippen MR) is 117 cm³/mol. The maximum absolute atomic E-state index is 12.0. The van der Waals surface area contributed by atoms with E-state index in [1.165, 1.54) is 32.5 Å². The molecule has 33 heavy (non-hydrogen) atoms. The Balaban J connectivity index is 2.10. The number of imidazole rings is 1. The van der Waals surface area contributed by atoms with Gasteiger partial charge in [-0.3, -0.25) is 14.5 Å². The van der Waals surface area contributed by atoms with Gasteiger partial charge in [0.15, 0.2) is 0 Å². The summed E-state index contributed by atoms with van der Waals surface area (Å²) in [5.74, 6) is -0.109. The number of rotatable bonds is 13. The summed E-state index contributed by atoms with van der Waals surface area (Å²) >= 11 is 0. The van der Waals surface area contributed by atoms with Crippen LogP contribution in [0.2, 0.25) is 0 Å². The first-order chi connectivity index (χ1) is 15.1. The predicted octanol–water partition coefficient (Wildman–Crippen LogP) is 0.734. The lowest BCUT2D eigenvalue weighted by molar-refractivity contribution is -0.0525. The van der Waals surface area contributed by atoms with Crippen LogP contribution < -0.4 is 11.5 Å². The molecule has 0 bridgehead atoms. The molecule has 1 aromatic rings. The van der Waals surface area contributed by atoms with Crippen molar-refractivity contribution >= 4 is 56.7 Å². The highest BCUT2D eigenvalue weighted by Crippen LogP contribution is 2.66. The lowest BCUT2D eigenvalue weighted by Gasteiger charge is -2.21. The molecular formula is C11H22N5O12P3S2. The van der Waals surface area contributed by atoms with E-state index in [0.717, 1.165) is 0 Å². The Morgan fingerprint density at radius 1 is 1.30 bits per heavy atom. The molecule has 0 aliphatic carbocycles. The van der Waals surface area contributed by atoms with Gasteiger partial charge in [0.2, 0.25) is 0 Å². The van der Waals surface area contributed by atoms with Crippen molar-refractivity contribution in [1.29, 1.82) is 5.41 Å². The van der Waals surface area contributed by atoms with E-state index < -0.39 is 48.5 Å². The molecule has 190 valence electrons. The van der Waals surface area contributed by atoms with E-state index in [4.69, 9.17) is 36.1 Å². The van der Waals surface area contributed by atoms with E-state index in [9.17, 15) is 23.5 Å². The minimum atomic E-state index is -5.65. The van der Waals surface area contributed by atoms with Crippen LogP contribution >= 0.6 is 45.1 Å². The molecule has 5 atom stereocenters. The van der Waals surface area contributed by atoms with Crippen LogP contribution in [0, 0.1) is 5.41 Å². The minimum Gasteiger partial charge on any atom is -0.383 e. The first-order valence-electron chi connectivity index (χ1n) is 8.52. The Kier molecular flexibility index (Phi) is 10.0. The van der Waals surface area contributed by atoms with E-state index in [1.54, 1.807) is 0 Å². The van der Waals surface area contributed by atoms with Gasteiger partial charge in [-0.15, -0.1) is 0 Å². The highest BCUT2D eigenvalue weighted by Gasteiger charge is 2.43. The third-order valence-corrected chi connectivity index (χ3v) is 9.11.